The summed E-state index contributed by atoms with van der Waals surface area (Å²) in [5, 5.41) is 3.51. The number of aliphatic imine (C=N–C) groups is 1. The van der Waals surface area contributed by atoms with Gasteiger partial charge in [0.05, 0.1) is 6.33 Å². The highest BCUT2D eigenvalue weighted by molar-refractivity contribution is 14.0. The van der Waals surface area contributed by atoms with Crippen molar-refractivity contribution < 1.29 is 0 Å². The zero-order valence-electron chi connectivity index (χ0n) is 17.2. The first-order valence-electron chi connectivity index (χ1n) is 10.1. The molecule has 30 heavy (non-hydrogen) atoms. The number of guanidine groups is 1. The molecule has 0 spiro atoms. The van der Waals surface area contributed by atoms with Crippen LogP contribution in [0.3, 0.4) is 0 Å². The number of rotatable bonds is 5. The second kappa shape index (κ2) is 11.0. The Morgan fingerprint density at radius 1 is 1.07 bits per heavy atom. The highest BCUT2D eigenvalue weighted by atomic mass is 127. The molecular weight excluding hydrogens is 485 g/mol. The molecule has 2 heterocycles. The molecule has 1 aliphatic rings. The van der Waals surface area contributed by atoms with Crippen LogP contribution < -0.4 is 5.32 Å². The lowest BCUT2D eigenvalue weighted by atomic mass is 10.00. The van der Waals surface area contributed by atoms with Gasteiger partial charge in [-0.2, -0.15) is 0 Å². The zero-order chi connectivity index (χ0) is 19.9. The van der Waals surface area contributed by atoms with Gasteiger partial charge in [-0.15, -0.1) is 24.0 Å². The number of nitrogens with zero attached hydrogens (tertiary/aromatic N) is 4. The first-order valence-corrected chi connectivity index (χ1v) is 10.1. The molecule has 0 amide bonds. The number of nitrogens with one attached hydrogen (secondary N) is 1. The van der Waals surface area contributed by atoms with Crippen LogP contribution in [0.1, 0.15) is 23.1 Å². The summed E-state index contributed by atoms with van der Waals surface area (Å²) in [4.78, 5) is 10.9. The molecule has 2 aromatic carbocycles. The van der Waals surface area contributed by atoms with E-state index >= 15 is 0 Å². The Morgan fingerprint density at radius 2 is 1.83 bits per heavy atom. The van der Waals surface area contributed by atoms with Gasteiger partial charge < -0.3 is 14.8 Å². The number of aromatic nitrogens is 2. The summed E-state index contributed by atoms with van der Waals surface area (Å²) < 4.78 is 2.07. The number of hydrogen-bond donors (Lipinski definition) is 1. The van der Waals surface area contributed by atoms with Crippen molar-refractivity contribution in [3.8, 4) is 0 Å². The molecule has 1 aromatic heterocycles. The van der Waals surface area contributed by atoms with Gasteiger partial charge in [-0.05, 0) is 28.7 Å². The molecule has 0 radical (unpaired) electrons. The van der Waals surface area contributed by atoms with E-state index in [9.17, 15) is 0 Å². The Morgan fingerprint density at radius 3 is 2.47 bits per heavy atom. The van der Waals surface area contributed by atoms with Crippen LogP contribution in [0.4, 0.5) is 0 Å². The third-order valence-corrected chi connectivity index (χ3v) is 5.26. The molecule has 6 heteroatoms. The topological polar surface area (TPSA) is 45.5 Å². The summed E-state index contributed by atoms with van der Waals surface area (Å²) >= 11 is 0. The van der Waals surface area contributed by atoms with E-state index < -0.39 is 0 Å². The molecule has 0 bridgehead atoms. The lowest BCUT2D eigenvalue weighted by Gasteiger charge is -2.29. The summed E-state index contributed by atoms with van der Waals surface area (Å²) in [6.45, 7) is 3.47. The number of halogens is 1. The average Bonchev–Trinajstić information content (AvgIpc) is 3.29. The maximum absolute atomic E-state index is 4.48. The minimum absolute atomic E-state index is 0. The van der Waals surface area contributed by atoms with Crippen LogP contribution in [0.5, 0.6) is 0 Å². The maximum Gasteiger partial charge on any atom is 0.194 e. The van der Waals surface area contributed by atoms with E-state index in [0.29, 0.717) is 0 Å². The molecule has 0 atom stereocenters. The zero-order valence-corrected chi connectivity index (χ0v) is 19.6. The van der Waals surface area contributed by atoms with E-state index in [2.05, 4.69) is 85.4 Å². The van der Waals surface area contributed by atoms with Gasteiger partial charge in [-0.25, -0.2) is 4.98 Å². The monoisotopic (exact) mass is 513 g/mol. The first kappa shape index (κ1) is 22.1. The van der Waals surface area contributed by atoms with Crippen LogP contribution in [0.2, 0.25) is 0 Å². The van der Waals surface area contributed by atoms with E-state index in [1.54, 1.807) is 0 Å². The molecule has 0 saturated carbocycles. The Balaban J connectivity index is 0.00000256. The summed E-state index contributed by atoms with van der Waals surface area (Å²) in [6, 6.07) is 19.3. The van der Waals surface area contributed by atoms with Crippen LogP contribution in [-0.4, -0.2) is 40.5 Å². The molecule has 0 unspecified atom stereocenters. The van der Waals surface area contributed by atoms with E-state index in [1.807, 2.05) is 25.8 Å². The smallest absolute Gasteiger partial charge is 0.194 e. The maximum atomic E-state index is 4.48. The quantitative estimate of drug-likeness (QED) is 0.312. The largest absolute Gasteiger partial charge is 0.352 e. The van der Waals surface area contributed by atoms with Gasteiger partial charge in [0, 0.05) is 45.6 Å². The summed E-state index contributed by atoms with van der Waals surface area (Å²) in [6.07, 6.45) is 8.98. The van der Waals surface area contributed by atoms with Crippen LogP contribution in [-0.2, 0) is 13.1 Å². The van der Waals surface area contributed by atoms with Gasteiger partial charge in [0.15, 0.2) is 5.96 Å². The third-order valence-electron chi connectivity index (χ3n) is 5.26. The van der Waals surface area contributed by atoms with E-state index in [4.69, 9.17) is 0 Å². The van der Waals surface area contributed by atoms with Crippen LogP contribution in [0.15, 0.2) is 84.4 Å². The van der Waals surface area contributed by atoms with Crippen molar-refractivity contribution in [1.82, 2.24) is 19.8 Å². The Bertz CT molecular complexity index is 963. The van der Waals surface area contributed by atoms with E-state index in [1.165, 1.54) is 22.3 Å². The van der Waals surface area contributed by atoms with Gasteiger partial charge in [-0.1, -0.05) is 60.7 Å². The first-order chi connectivity index (χ1) is 14.3. The molecule has 5 nitrogen and oxygen atoms in total. The summed E-state index contributed by atoms with van der Waals surface area (Å²) in [7, 11) is 1.85. The number of benzene rings is 2. The summed E-state index contributed by atoms with van der Waals surface area (Å²) in [5.41, 5.74) is 5.26. The molecule has 1 N–H and O–H groups in total. The normalized spacial score (nSPS) is 14.1. The van der Waals surface area contributed by atoms with Crippen molar-refractivity contribution in [3.63, 3.8) is 0 Å². The third kappa shape index (κ3) is 5.72. The molecule has 0 saturated heterocycles. The lowest BCUT2D eigenvalue weighted by molar-refractivity contribution is 0.440. The average molecular weight is 513 g/mol. The SMILES string of the molecule is CN=C(NCc1ccc(Cn2ccnc2)cc1)N1CC=C(c2ccccc2)CC1.I. The molecular formula is C24H28IN5. The van der Waals surface area contributed by atoms with Gasteiger partial charge in [0.2, 0.25) is 0 Å². The fourth-order valence-corrected chi connectivity index (χ4v) is 3.64. The van der Waals surface area contributed by atoms with Crippen molar-refractivity contribution in [1.29, 1.82) is 0 Å². The van der Waals surface area contributed by atoms with Crippen LogP contribution >= 0.6 is 24.0 Å². The van der Waals surface area contributed by atoms with Crippen molar-refractivity contribution in [2.24, 2.45) is 4.99 Å². The highest BCUT2D eigenvalue weighted by Gasteiger charge is 2.16. The standard InChI is InChI=1S/C24H27N5.HI/c1-25-24(29-14-11-23(12-15-29)22-5-3-2-4-6-22)27-17-20-7-9-21(10-8-20)18-28-16-13-26-19-28;/h2-11,13,16,19H,12,14-15,17-18H2,1H3,(H,25,27);1H. The predicted octanol–water partition coefficient (Wildman–Crippen LogP) is 4.41. The minimum atomic E-state index is 0. The van der Waals surface area contributed by atoms with Gasteiger partial charge in [-0.3, -0.25) is 4.99 Å². The Kier molecular flexibility index (Phi) is 8.07. The fraction of sp³-hybridized carbons (Fsp3) is 0.250. The highest BCUT2D eigenvalue weighted by Crippen LogP contribution is 2.22. The minimum Gasteiger partial charge on any atom is -0.352 e. The van der Waals surface area contributed by atoms with E-state index in [0.717, 1.165) is 38.6 Å². The second-order valence-electron chi connectivity index (χ2n) is 7.24. The Hall–Kier alpha value is -2.61. The van der Waals surface area contributed by atoms with Crippen molar-refractivity contribution in [2.45, 2.75) is 19.5 Å². The molecule has 0 fully saturated rings. The molecule has 156 valence electrons. The number of hydrogen-bond acceptors (Lipinski definition) is 2. The molecule has 1 aliphatic heterocycles. The number of imidazole rings is 1. The van der Waals surface area contributed by atoms with Crippen molar-refractivity contribution >= 4 is 35.5 Å². The Labute approximate surface area is 195 Å². The molecule has 0 aliphatic carbocycles. The van der Waals surface area contributed by atoms with E-state index in [-0.39, 0.29) is 24.0 Å². The van der Waals surface area contributed by atoms with Gasteiger partial charge in [0.1, 0.15) is 0 Å². The summed E-state index contributed by atoms with van der Waals surface area (Å²) in [5.74, 6) is 0.954. The lowest BCUT2D eigenvalue weighted by Crippen LogP contribution is -2.43. The molecule has 3 aromatic rings. The van der Waals surface area contributed by atoms with Gasteiger partial charge >= 0.3 is 0 Å². The van der Waals surface area contributed by atoms with Gasteiger partial charge in [0.25, 0.3) is 0 Å². The second-order valence-corrected chi connectivity index (χ2v) is 7.24. The van der Waals surface area contributed by atoms with Crippen LogP contribution in [0, 0.1) is 0 Å². The fourth-order valence-electron chi connectivity index (χ4n) is 3.64. The predicted molar refractivity (Wildman–Crippen MR) is 134 cm³/mol. The van der Waals surface area contributed by atoms with Crippen molar-refractivity contribution in [3.05, 3.63) is 96.1 Å². The van der Waals surface area contributed by atoms with Crippen molar-refractivity contribution in [2.75, 3.05) is 20.1 Å². The molecule has 4 rings (SSSR count). The van der Waals surface area contributed by atoms with Crippen LogP contribution in [0.25, 0.3) is 5.57 Å².